The van der Waals surface area contributed by atoms with E-state index >= 15 is 0 Å². The largest absolute Gasteiger partial charge is 0.396 e. The summed E-state index contributed by atoms with van der Waals surface area (Å²) in [6, 6.07) is 0.508. The second-order valence-electron chi connectivity index (χ2n) is 9.04. The normalized spacial score (nSPS) is 22.2. The Kier molecular flexibility index (Phi) is 10.6. The topological polar surface area (TPSA) is 69.1 Å². The Hall–Kier alpha value is -0.850. The van der Waals surface area contributed by atoms with Crippen molar-refractivity contribution in [1.29, 1.82) is 0 Å². The number of ether oxygens (including phenoxy) is 1. The first-order valence-corrected chi connectivity index (χ1v) is 11.5. The van der Waals surface area contributed by atoms with Crippen LogP contribution in [0.3, 0.4) is 0 Å². The lowest BCUT2D eigenvalue weighted by molar-refractivity contribution is 0.0132. The van der Waals surface area contributed by atoms with Gasteiger partial charge in [-0.2, -0.15) is 0 Å². The van der Waals surface area contributed by atoms with E-state index in [2.05, 4.69) is 36.3 Å². The maximum atomic E-state index is 9.56. The molecular formula is C22H44N4O2. The van der Waals surface area contributed by atoms with Crippen LogP contribution in [0.1, 0.15) is 65.7 Å². The van der Waals surface area contributed by atoms with E-state index in [0.29, 0.717) is 12.0 Å². The van der Waals surface area contributed by atoms with Gasteiger partial charge in [-0.15, -0.1) is 0 Å². The summed E-state index contributed by atoms with van der Waals surface area (Å²) in [6.45, 7) is 13.3. The Labute approximate surface area is 172 Å². The molecule has 2 rings (SSSR count). The van der Waals surface area contributed by atoms with Crippen molar-refractivity contribution in [3.8, 4) is 0 Å². The third-order valence-electron chi connectivity index (χ3n) is 6.28. The maximum Gasteiger partial charge on any atom is 0.191 e. The van der Waals surface area contributed by atoms with Crippen LogP contribution < -0.4 is 10.6 Å². The average Bonchev–Trinajstić information content (AvgIpc) is 2.70. The Bertz CT molecular complexity index is 438. The molecule has 6 nitrogen and oxygen atoms in total. The lowest BCUT2D eigenvalue weighted by Crippen LogP contribution is -2.51. The fraction of sp³-hybridized carbons (Fsp3) is 0.955. The standard InChI is InChI=1S/C22H44N4O2/c1-4-23-21(25-18-22(10-13-27)8-6-5-7-9-22)24-17-20(16-19(2)3)26-11-14-28-15-12-26/h19-20,27H,4-18H2,1-3H3,(H2,23,24,25). The van der Waals surface area contributed by atoms with Crippen molar-refractivity contribution < 1.29 is 9.84 Å². The average molecular weight is 397 g/mol. The SMILES string of the molecule is CCNC(=NCC1(CCO)CCCCC1)NCC(CC(C)C)N1CCOCC1. The minimum Gasteiger partial charge on any atom is -0.396 e. The smallest absolute Gasteiger partial charge is 0.191 e. The molecule has 2 fully saturated rings. The number of aliphatic hydroxyl groups is 1. The summed E-state index contributed by atoms with van der Waals surface area (Å²) in [5.41, 5.74) is 0.191. The molecule has 1 saturated carbocycles. The van der Waals surface area contributed by atoms with Gasteiger partial charge in [0.15, 0.2) is 5.96 Å². The van der Waals surface area contributed by atoms with Crippen molar-refractivity contribution in [3.05, 3.63) is 0 Å². The molecule has 1 unspecified atom stereocenters. The molecule has 1 atom stereocenters. The highest BCUT2D eigenvalue weighted by molar-refractivity contribution is 5.79. The van der Waals surface area contributed by atoms with Crippen LogP contribution >= 0.6 is 0 Å². The van der Waals surface area contributed by atoms with Crippen LogP contribution in [-0.2, 0) is 4.74 Å². The van der Waals surface area contributed by atoms with Gasteiger partial charge in [0.1, 0.15) is 0 Å². The predicted octanol–water partition coefficient (Wildman–Crippen LogP) is 2.62. The Balaban J connectivity index is 1.97. The molecule has 2 aliphatic rings. The molecule has 3 N–H and O–H groups in total. The highest BCUT2D eigenvalue weighted by Gasteiger charge is 2.31. The number of aliphatic hydroxyl groups excluding tert-OH is 1. The van der Waals surface area contributed by atoms with Crippen molar-refractivity contribution in [3.63, 3.8) is 0 Å². The van der Waals surface area contributed by atoms with Crippen LogP contribution in [-0.4, -0.2) is 74.6 Å². The van der Waals surface area contributed by atoms with Crippen LogP contribution in [0, 0.1) is 11.3 Å². The van der Waals surface area contributed by atoms with Gasteiger partial charge in [0.25, 0.3) is 0 Å². The van der Waals surface area contributed by atoms with Gasteiger partial charge < -0.3 is 20.5 Å². The second kappa shape index (κ2) is 12.7. The van der Waals surface area contributed by atoms with E-state index < -0.39 is 0 Å². The Morgan fingerprint density at radius 2 is 1.86 bits per heavy atom. The monoisotopic (exact) mass is 396 g/mol. The molecule has 28 heavy (non-hydrogen) atoms. The van der Waals surface area contributed by atoms with E-state index in [9.17, 15) is 5.11 Å². The van der Waals surface area contributed by atoms with Crippen molar-refractivity contribution in [2.45, 2.75) is 71.8 Å². The number of nitrogens with one attached hydrogen (secondary N) is 2. The molecule has 0 amide bonds. The molecule has 0 aromatic heterocycles. The fourth-order valence-corrected chi connectivity index (χ4v) is 4.68. The number of aliphatic imine (C=N–C) groups is 1. The molecule has 1 aliphatic carbocycles. The summed E-state index contributed by atoms with van der Waals surface area (Å²) >= 11 is 0. The maximum absolute atomic E-state index is 9.56. The zero-order valence-corrected chi connectivity index (χ0v) is 18.5. The number of hydrogen-bond donors (Lipinski definition) is 3. The van der Waals surface area contributed by atoms with Crippen molar-refractivity contribution in [1.82, 2.24) is 15.5 Å². The molecule has 164 valence electrons. The summed E-state index contributed by atoms with van der Waals surface area (Å²) in [6.07, 6.45) is 8.31. The molecule has 0 aromatic rings. The summed E-state index contributed by atoms with van der Waals surface area (Å²) in [7, 11) is 0. The predicted molar refractivity (Wildman–Crippen MR) is 117 cm³/mol. The van der Waals surface area contributed by atoms with E-state index in [1.165, 1.54) is 38.5 Å². The van der Waals surface area contributed by atoms with E-state index in [1.807, 2.05) is 0 Å². The number of morpholine rings is 1. The van der Waals surface area contributed by atoms with Crippen LogP contribution in [0.5, 0.6) is 0 Å². The number of guanidine groups is 1. The van der Waals surface area contributed by atoms with E-state index in [4.69, 9.17) is 9.73 Å². The molecule has 1 heterocycles. The zero-order chi connectivity index (χ0) is 20.2. The molecule has 0 aromatic carbocycles. The first-order chi connectivity index (χ1) is 13.6. The summed E-state index contributed by atoms with van der Waals surface area (Å²) in [5.74, 6) is 1.59. The molecular weight excluding hydrogens is 352 g/mol. The lowest BCUT2D eigenvalue weighted by Gasteiger charge is -2.37. The molecule has 1 aliphatic heterocycles. The minimum absolute atomic E-state index is 0.191. The molecule has 1 saturated heterocycles. The second-order valence-corrected chi connectivity index (χ2v) is 9.04. The van der Waals surface area contributed by atoms with Gasteiger partial charge in [-0.25, -0.2) is 0 Å². The van der Waals surface area contributed by atoms with Gasteiger partial charge in [0, 0.05) is 45.4 Å². The van der Waals surface area contributed by atoms with Gasteiger partial charge in [-0.05, 0) is 43.9 Å². The molecule has 6 heteroatoms. The van der Waals surface area contributed by atoms with Gasteiger partial charge >= 0.3 is 0 Å². The zero-order valence-electron chi connectivity index (χ0n) is 18.5. The quantitative estimate of drug-likeness (QED) is 0.391. The third kappa shape index (κ3) is 7.88. The van der Waals surface area contributed by atoms with E-state index in [-0.39, 0.29) is 12.0 Å². The van der Waals surface area contributed by atoms with Crippen LogP contribution in [0.2, 0.25) is 0 Å². The number of nitrogens with zero attached hydrogens (tertiary/aromatic N) is 2. The van der Waals surface area contributed by atoms with Gasteiger partial charge in [0.05, 0.1) is 13.2 Å². The van der Waals surface area contributed by atoms with Crippen LogP contribution in [0.15, 0.2) is 4.99 Å². The van der Waals surface area contributed by atoms with E-state index in [1.54, 1.807) is 0 Å². The molecule has 0 spiro atoms. The highest BCUT2D eigenvalue weighted by atomic mass is 16.5. The Morgan fingerprint density at radius 3 is 2.46 bits per heavy atom. The summed E-state index contributed by atoms with van der Waals surface area (Å²) in [4.78, 5) is 7.53. The van der Waals surface area contributed by atoms with Crippen molar-refractivity contribution in [2.24, 2.45) is 16.3 Å². The summed E-state index contributed by atoms with van der Waals surface area (Å²) < 4.78 is 5.54. The van der Waals surface area contributed by atoms with Gasteiger partial charge in [-0.1, -0.05) is 33.1 Å². The van der Waals surface area contributed by atoms with E-state index in [0.717, 1.165) is 58.3 Å². The minimum atomic E-state index is 0.191. The lowest BCUT2D eigenvalue weighted by atomic mass is 9.72. The van der Waals surface area contributed by atoms with Crippen molar-refractivity contribution in [2.75, 3.05) is 52.5 Å². The first kappa shape index (κ1) is 23.4. The molecule has 0 bridgehead atoms. The van der Waals surface area contributed by atoms with Crippen LogP contribution in [0.4, 0.5) is 0 Å². The van der Waals surface area contributed by atoms with Gasteiger partial charge in [-0.3, -0.25) is 9.89 Å². The number of hydrogen-bond acceptors (Lipinski definition) is 4. The highest BCUT2D eigenvalue weighted by Crippen LogP contribution is 2.39. The fourth-order valence-electron chi connectivity index (χ4n) is 4.68. The molecule has 0 radical (unpaired) electrons. The third-order valence-corrected chi connectivity index (χ3v) is 6.28. The number of rotatable bonds is 10. The van der Waals surface area contributed by atoms with Gasteiger partial charge in [0.2, 0.25) is 0 Å². The summed E-state index contributed by atoms with van der Waals surface area (Å²) in [5, 5.41) is 16.6. The first-order valence-electron chi connectivity index (χ1n) is 11.5. The van der Waals surface area contributed by atoms with Crippen molar-refractivity contribution >= 4 is 5.96 Å². The Morgan fingerprint density at radius 1 is 1.14 bits per heavy atom. The van der Waals surface area contributed by atoms with Crippen LogP contribution in [0.25, 0.3) is 0 Å².